The maximum Gasteiger partial charge on any atom is 0.188 e. The summed E-state index contributed by atoms with van der Waals surface area (Å²) in [4.78, 5) is 8.88. The molecule has 0 saturated heterocycles. The SMILES string of the molecule is Cc1cc(Br)cn2cc(CN=C(N)NCC(C)C)nc12. The molecule has 3 N–H and O–H groups in total. The number of guanidine groups is 1. The molecular formula is C14H20BrN5. The fourth-order valence-electron chi connectivity index (χ4n) is 1.88. The van der Waals surface area contributed by atoms with Crippen LogP contribution >= 0.6 is 15.9 Å². The zero-order chi connectivity index (χ0) is 14.7. The van der Waals surface area contributed by atoms with Crippen LogP contribution < -0.4 is 11.1 Å². The quantitative estimate of drug-likeness (QED) is 0.665. The lowest BCUT2D eigenvalue weighted by Crippen LogP contribution is -2.34. The second-order valence-corrected chi connectivity index (χ2v) is 6.20. The van der Waals surface area contributed by atoms with Gasteiger partial charge >= 0.3 is 0 Å². The number of nitrogens with zero attached hydrogens (tertiary/aromatic N) is 3. The second kappa shape index (κ2) is 6.26. The van der Waals surface area contributed by atoms with E-state index < -0.39 is 0 Å². The number of nitrogens with two attached hydrogens (primary N) is 1. The fourth-order valence-corrected chi connectivity index (χ4v) is 2.45. The number of imidazole rings is 1. The van der Waals surface area contributed by atoms with Crippen LogP contribution in [0.5, 0.6) is 0 Å². The lowest BCUT2D eigenvalue weighted by Gasteiger charge is -2.07. The highest BCUT2D eigenvalue weighted by Crippen LogP contribution is 2.17. The van der Waals surface area contributed by atoms with Gasteiger partial charge in [-0.2, -0.15) is 0 Å². The van der Waals surface area contributed by atoms with Crippen molar-refractivity contribution >= 4 is 27.5 Å². The summed E-state index contributed by atoms with van der Waals surface area (Å²) in [5, 5.41) is 3.09. The zero-order valence-electron chi connectivity index (χ0n) is 12.0. The van der Waals surface area contributed by atoms with Gasteiger partial charge in [-0.1, -0.05) is 13.8 Å². The van der Waals surface area contributed by atoms with Crippen molar-refractivity contribution in [2.75, 3.05) is 6.54 Å². The Labute approximate surface area is 127 Å². The zero-order valence-corrected chi connectivity index (χ0v) is 13.6. The van der Waals surface area contributed by atoms with Gasteiger partial charge in [0.05, 0.1) is 12.2 Å². The molecule has 0 aromatic carbocycles. The maximum atomic E-state index is 5.81. The van der Waals surface area contributed by atoms with Crippen LogP contribution in [0.1, 0.15) is 25.1 Å². The molecule has 0 bridgehead atoms. The molecule has 6 heteroatoms. The van der Waals surface area contributed by atoms with Crippen LogP contribution in [0, 0.1) is 12.8 Å². The molecule has 2 aromatic heterocycles. The highest BCUT2D eigenvalue weighted by Gasteiger charge is 2.05. The molecule has 108 valence electrons. The van der Waals surface area contributed by atoms with Gasteiger partial charge in [-0.15, -0.1) is 0 Å². The number of fused-ring (bicyclic) bond motifs is 1. The average Bonchev–Trinajstić information content (AvgIpc) is 2.77. The average molecular weight is 338 g/mol. The Morgan fingerprint density at radius 1 is 1.50 bits per heavy atom. The van der Waals surface area contributed by atoms with Gasteiger partial charge in [-0.3, -0.25) is 0 Å². The third-order valence-electron chi connectivity index (χ3n) is 2.85. The van der Waals surface area contributed by atoms with Gasteiger partial charge in [-0.05, 0) is 40.4 Å². The summed E-state index contributed by atoms with van der Waals surface area (Å²) in [5.41, 5.74) is 8.79. The van der Waals surface area contributed by atoms with Gasteiger partial charge in [-0.25, -0.2) is 9.98 Å². The molecule has 2 rings (SSSR count). The minimum Gasteiger partial charge on any atom is -0.370 e. The summed E-state index contributed by atoms with van der Waals surface area (Å²) in [5.74, 6) is 1.01. The topological polar surface area (TPSA) is 67.7 Å². The van der Waals surface area contributed by atoms with Crippen LogP contribution in [0.25, 0.3) is 5.65 Å². The number of halogens is 1. The molecule has 2 heterocycles. The highest BCUT2D eigenvalue weighted by atomic mass is 79.9. The summed E-state index contributed by atoms with van der Waals surface area (Å²) in [7, 11) is 0. The van der Waals surface area contributed by atoms with Crippen LogP contribution in [0.3, 0.4) is 0 Å². The van der Waals surface area contributed by atoms with Crippen LogP contribution in [-0.2, 0) is 6.54 Å². The van der Waals surface area contributed by atoms with Gasteiger partial charge in [0.2, 0.25) is 0 Å². The Bertz CT molecular complexity index is 630. The van der Waals surface area contributed by atoms with Crippen LogP contribution in [0.15, 0.2) is 27.9 Å². The van der Waals surface area contributed by atoms with E-state index in [4.69, 9.17) is 5.73 Å². The van der Waals surface area contributed by atoms with Gasteiger partial charge in [0.1, 0.15) is 5.65 Å². The molecule has 0 radical (unpaired) electrons. The number of aryl methyl sites for hydroxylation is 1. The van der Waals surface area contributed by atoms with Gasteiger partial charge in [0.25, 0.3) is 0 Å². The molecule has 5 nitrogen and oxygen atoms in total. The minimum atomic E-state index is 0.466. The first kappa shape index (κ1) is 14.8. The van der Waals surface area contributed by atoms with Crippen LogP contribution in [0.2, 0.25) is 0 Å². The van der Waals surface area contributed by atoms with Gasteiger partial charge in [0.15, 0.2) is 5.96 Å². The normalized spacial score (nSPS) is 12.3. The predicted octanol–water partition coefficient (Wildman–Crippen LogP) is 2.47. The van der Waals surface area contributed by atoms with Crippen molar-refractivity contribution in [3.63, 3.8) is 0 Å². The first-order valence-electron chi connectivity index (χ1n) is 6.63. The molecule has 0 aliphatic rings. The van der Waals surface area contributed by atoms with E-state index in [1.807, 2.05) is 29.8 Å². The van der Waals surface area contributed by atoms with E-state index in [0.717, 1.165) is 27.9 Å². The van der Waals surface area contributed by atoms with Crippen LogP contribution in [-0.4, -0.2) is 21.9 Å². The molecule has 0 aliphatic carbocycles. The number of hydrogen-bond acceptors (Lipinski definition) is 2. The molecule has 0 fully saturated rings. The number of hydrogen-bond donors (Lipinski definition) is 2. The number of aromatic nitrogens is 2. The Kier molecular flexibility index (Phi) is 4.65. The first-order valence-corrected chi connectivity index (χ1v) is 7.42. The standard InChI is InChI=1S/C14H20BrN5/c1-9(2)5-17-14(16)18-6-12-8-20-7-11(15)4-10(3)13(20)19-12/h4,7-9H,5-6H2,1-3H3,(H3,16,17,18). The Morgan fingerprint density at radius 2 is 2.25 bits per heavy atom. The van der Waals surface area contributed by atoms with Gasteiger partial charge in [0, 0.05) is 23.4 Å². The largest absolute Gasteiger partial charge is 0.370 e. The molecule has 0 spiro atoms. The molecule has 0 aliphatic heterocycles. The molecule has 0 amide bonds. The van der Waals surface area contributed by atoms with E-state index in [0.29, 0.717) is 18.4 Å². The smallest absolute Gasteiger partial charge is 0.188 e. The Hall–Kier alpha value is -1.56. The van der Waals surface area contributed by atoms with Gasteiger partial charge < -0.3 is 15.5 Å². The fraction of sp³-hybridized carbons (Fsp3) is 0.429. The molecule has 20 heavy (non-hydrogen) atoms. The monoisotopic (exact) mass is 337 g/mol. The second-order valence-electron chi connectivity index (χ2n) is 5.28. The van der Waals surface area contributed by atoms with E-state index in [1.165, 1.54) is 0 Å². The summed E-state index contributed by atoms with van der Waals surface area (Å²) in [6.07, 6.45) is 3.97. The van der Waals surface area contributed by atoms with E-state index >= 15 is 0 Å². The number of rotatable bonds is 4. The van der Waals surface area contributed by atoms with E-state index in [-0.39, 0.29) is 0 Å². The van der Waals surface area contributed by atoms with Crippen molar-refractivity contribution in [2.24, 2.45) is 16.6 Å². The predicted molar refractivity (Wildman–Crippen MR) is 85.8 cm³/mol. The molecule has 0 unspecified atom stereocenters. The Morgan fingerprint density at radius 3 is 2.95 bits per heavy atom. The summed E-state index contributed by atoms with van der Waals surface area (Å²) < 4.78 is 3.04. The maximum absolute atomic E-state index is 5.81. The lowest BCUT2D eigenvalue weighted by atomic mass is 10.2. The summed E-state index contributed by atoms with van der Waals surface area (Å²) in [6, 6.07) is 2.05. The molecule has 0 atom stereocenters. The first-order chi connectivity index (χ1) is 9.45. The molecular weight excluding hydrogens is 318 g/mol. The number of pyridine rings is 1. The van der Waals surface area contributed by atoms with E-state index in [2.05, 4.69) is 45.1 Å². The van der Waals surface area contributed by atoms with E-state index in [9.17, 15) is 0 Å². The van der Waals surface area contributed by atoms with Crippen molar-refractivity contribution in [1.29, 1.82) is 0 Å². The highest BCUT2D eigenvalue weighted by molar-refractivity contribution is 9.10. The minimum absolute atomic E-state index is 0.466. The number of nitrogens with one attached hydrogen (secondary N) is 1. The Balaban J connectivity index is 2.10. The van der Waals surface area contributed by atoms with Crippen molar-refractivity contribution in [2.45, 2.75) is 27.3 Å². The van der Waals surface area contributed by atoms with Crippen molar-refractivity contribution in [3.05, 3.63) is 34.2 Å². The van der Waals surface area contributed by atoms with Crippen molar-refractivity contribution in [1.82, 2.24) is 14.7 Å². The number of aliphatic imine (C=N–C) groups is 1. The van der Waals surface area contributed by atoms with Crippen molar-refractivity contribution < 1.29 is 0 Å². The molecule has 2 aromatic rings. The van der Waals surface area contributed by atoms with E-state index in [1.54, 1.807) is 0 Å². The third kappa shape index (κ3) is 3.72. The third-order valence-corrected chi connectivity index (χ3v) is 3.29. The lowest BCUT2D eigenvalue weighted by molar-refractivity contribution is 0.621. The van der Waals surface area contributed by atoms with Crippen LogP contribution in [0.4, 0.5) is 0 Å². The summed E-state index contributed by atoms with van der Waals surface area (Å²) in [6.45, 7) is 7.60. The molecule has 0 saturated carbocycles. The van der Waals surface area contributed by atoms with Crippen molar-refractivity contribution in [3.8, 4) is 0 Å². The summed E-state index contributed by atoms with van der Waals surface area (Å²) >= 11 is 3.48.